The smallest absolute Gasteiger partial charge is 0.245 e. The van der Waals surface area contributed by atoms with Gasteiger partial charge in [0.05, 0.1) is 11.6 Å². The number of hydrogen-bond acceptors (Lipinski definition) is 5. The minimum atomic E-state index is 0.0190. The molecular formula is C15H19N3OS2. The standard InChI is InChI=1S/C15H19N3OS2/c1-20-10-11-2-5-17(9-11)13-3-6-18(14(13)19)15-12(8-16)4-7-21-15/h4,7,11,13H,2-3,5-6,9-10H2,1H3/t11-,13+/m1/s1. The monoisotopic (exact) mass is 321 g/mol. The van der Waals surface area contributed by atoms with Crippen LogP contribution in [0.2, 0.25) is 0 Å². The maximum absolute atomic E-state index is 12.7. The van der Waals surface area contributed by atoms with Crippen molar-refractivity contribution in [2.24, 2.45) is 5.92 Å². The van der Waals surface area contributed by atoms with Crippen LogP contribution in [-0.4, -0.2) is 48.5 Å². The lowest BCUT2D eigenvalue weighted by molar-refractivity contribution is -0.121. The molecule has 2 fully saturated rings. The zero-order valence-electron chi connectivity index (χ0n) is 12.1. The van der Waals surface area contributed by atoms with E-state index in [1.165, 1.54) is 23.5 Å². The summed E-state index contributed by atoms with van der Waals surface area (Å²) in [5.41, 5.74) is 0.621. The Kier molecular flexibility index (Phi) is 4.53. The molecule has 1 aromatic heterocycles. The predicted molar refractivity (Wildman–Crippen MR) is 87.9 cm³/mol. The second-order valence-corrected chi connectivity index (χ2v) is 7.46. The third kappa shape index (κ3) is 2.83. The van der Waals surface area contributed by atoms with Crippen molar-refractivity contribution in [2.75, 3.05) is 36.5 Å². The molecule has 2 saturated heterocycles. The number of thioether (sulfide) groups is 1. The van der Waals surface area contributed by atoms with Gasteiger partial charge in [0.2, 0.25) is 5.91 Å². The Hall–Kier alpha value is -1.03. The Morgan fingerprint density at radius 1 is 1.48 bits per heavy atom. The highest BCUT2D eigenvalue weighted by Crippen LogP contribution is 2.33. The summed E-state index contributed by atoms with van der Waals surface area (Å²) >= 11 is 3.38. The van der Waals surface area contributed by atoms with Crippen LogP contribution in [0.15, 0.2) is 11.4 Å². The average Bonchev–Trinajstić information content (AvgIpc) is 3.17. The molecule has 0 aromatic carbocycles. The van der Waals surface area contributed by atoms with Crippen molar-refractivity contribution >= 4 is 34.0 Å². The van der Waals surface area contributed by atoms with E-state index in [9.17, 15) is 4.79 Å². The number of amides is 1. The number of anilines is 1. The van der Waals surface area contributed by atoms with Gasteiger partial charge in [-0.15, -0.1) is 11.3 Å². The van der Waals surface area contributed by atoms with E-state index < -0.39 is 0 Å². The molecule has 6 heteroatoms. The van der Waals surface area contributed by atoms with Gasteiger partial charge in [-0.25, -0.2) is 0 Å². The third-order valence-corrected chi connectivity index (χ3v) is 6.09. The first-order valence-corrected chi connectivity index (χ1v) is 9.54. The van der Waals surface area contributed by atoms with Crippen LogP contribution < -0.4 is 4.90 Å². The van der Waals surface area contributed by atoms with E-state index in [1.54, 1.807) is 6.07 Å². The molecule has 112 valence electrons. The molecule has 0 aliphatic carbocycles. The summed E-state index contributed by atoms with van der Waals surface area (Å²) in [5.74, 6) is 2.09. The number of nitrogens with zero attached hydrogens (tertiary/aromatic N) is 3. The van der Waals surface area contributed by atoms with Crippen molar-refractivity contribution in [2.45, 2.75) is 18.9 Å². The van der Waals surface area contributed by atoms with Gasteiger partial charge < -0.3 is 4.90 Å². The van der Waals surface area contributed by atoms with Crippen molar-refractivity contribution in [3.05, 3.63) is 17.0 Å². The molecule has 1 amide bonds. The molecular weight excluding hydrogens is 302 g/mol. The highest BCUT2D eigenvalue weighted by atomic mass is 32.2. The molecule has 0 saturated carbocycles. The van der Waals surface area contributed by atoms with E-state index in [-0.39, 0.29) is 11.9 Å². The largest absolute Gasteiger partial charge is 0.301 e. The Bertz CT molecular complexity index is 566. The molecule has 2 atom stereocenters. The molecule has 1 aromatic rings. The normalized spacial score (nSPS) is 26.5. The number of likely N-dealkylation sites (tertiary alicyclic amines) is 1. The van der Waals surface area contributed by atoms with Gasteiger partial charge in [-0.2, -0.15) is 17.0 Å². The summed E-state index contributed by atoms with van der Waals surface area (Å²) in [6, 6.07) is 4.00. The van der Waals surface area contributed by atoms with Crippen LogP contribution in [0.4, 0.5) is 5.00 Å². The minimum absolute atomic E-state index is 0.0190. The van der Waals surface area contributed by atoms with Crippen LogP contribution in [-0.2, 0) is 4.79 Å². The van der Waals surface area contributed by atoms with Crippen LogP contribution in [0.1, 0.15) is 18.4 Å². The van der Waals surface area contributed by atoms with Crippen LogP contribution >= 0.6 is 23.1 Å². The highest BCUT2D eigenvalue weighted by Gasteiger charge is 2.40. The molecule has 3 heterocycles. The lowest BCUT2D eigenvalue weighted by Gasteiger charge is -2.23. The van der Waals surface area contributed by atoms with E-state index in [1.807, 2.05) is 22.0 Å². The summed E-state index contributed by atoms with van der Waals surface area (Å²) in [4.78, 5) is 16.9. The maximum atomic E-state index is 12.7. The zero-order valence-corrected chi connectivity index (χ0v) is 13.8. The quantitative estimate of drug-likeness (QED) is 0.854. The first-order valence-electron chi connectivity index (χ1n) is 7.26. The zero-order chi connectivity index (χ0) is 14.8. The Labute approximate surface area is 133 Å². The van der Waals surface area contributed by atoms with Gasteiger partial charge in [0.25, 0.3) is 0 Å². The molecule has 0 bridgehead atoms. The first kappa shape index (κ1) is 14.9. The van der Waals surface area contributed by atoms with Crippen molar-refractivity contribution in [3.8, 4) is 6.07 Å². The molecule has 21 heavy (non-hydrogen) atoms. The van der Waals surface area contributed by atoms with E-state index in [0.29, 0.717) is 5.56 Å². The second kappa shape index (κ2) is 6.39. The average molecular weight is 321 g/mol. The summed E-state index contributed by atoms with van der Waals surface area (Å²) in [6.45, 7) is 2.81. The van der Waals surface area contributed by atoms with Crippen LogP contribution in [0, 0.1) is 17.2 Å². The Balaban J connectivity index is 1.69. The van der Waals surface area contributed by atoms with Crippen molar-refractivity contribution in [1.29, 1.82) is 5.26 Å². The highest BCUT2D eigenvalue weighted by molar-refractivity contribution is 7.98. The van der Waals surface area contributed by atoms with Crippen LogP contribution in [0.5, 0.6) is 0 Å². The van der Waals surface area contributed by atoms with Gasteiger partial charge in [-0.1, -0.05) is 0 Å². The molecule has 3 rings (SSSR count). The van der Waals surface area contributed by atoms with Crippen molar-refractivity contribution < 1.29 is 4.79 Å². The number of thiophene rings is 1. The van der Waals surface area contributed by atoms with Gasteiger partial charge in [0.15, 0.2) is 0 Å². The number of nitriles is 1. The van der Waals surface area contributed by atoms with Crippen LogP contribution in [0.3, 0.4) is 0 Å². The summed E-state index contributed by atoms with van der Waals surface area (Å²) in [6.07, 6.45) is 4.23. The maximum Gasteiger partial charge on any atom is 0.245 e. The van der Waals surface area contributed by atoms with Gasteiger partial charge in [0.1, 0.15) is 11.1 Å². The number of carbonyl (C=O) groups is 1. The SMILES string of the molecule is CSC[C@@H]1CCN([C@H]2CCN(c3sccc3C#N)C2=O)C1. The topological polar surface area (TPSA) is 47.3 Å². The Morgan fingerprint density at radius 2 is 2.33 bits per heavy atom. The summed E-state index contributed by atoms with van der Waals surface area (Å²) in [5, 5.41) is 11.8. The first-order chi connectivity index (χ1) is 10.2. The molecule has 0 N–H and O–H groups in total. The van der Waals surface area contributed by atoms with Gasteiger partial charge in [0, 0.05) is 13.1 Å². The second-order valence-electron chi connectivity index (χ2n) is 5.65. The van der Waals surface area contributed by atoms with Gasteiger partial charge >= 0.3 is 0 Å². The molecule has 4 nitrogen and oxygen atoms in total. The third-order valence-electron chi connectivity index (χ3n) is 4.35. The molecule has 0 unspecified atom stereocenters. The number of hydrogen-bond donors (Lipinski definition) is 0. The lowest BCUT2D eigenvalue weighted by atomic mass is 10.1. The summed E-state index contributed by atoms with van der Waals surface area (Å²) in [7, 11) is 0. The molecule has 0 spiro atoms. The fourth-order valence-corrected chi connectivity index (χ4v) is 4.94. The predicted octanol–water partition coefficient (Wildman–Crippen LogP) is 2.41. The molecule has 2 aliphatic rings. The molecule has 2 aliphatic heterocycles. The van der Waals surface area contributed by atoms with E-state index in [0.717, 1.165) is 37.0 Å². The van der Waals surface area contributed by atoms with E-state index in [4.69, 9.17) is 5.26 Å². The fourth-order valence-electron chi connectivity index (χ4n) is 3.32. The van der Waals surface area contributed by atoms with E-state index in [2.05, 4.69) is 17.2 Å². The molecule has 0 radical (unpaired) electrons. The van der Waals surface area contributed by atoms with Crippen molar-refractivity contribution in [3.63, 3.8) is 0 Å². The number of rotatable bonds is 4. The van der Waals surface area contributed by atoms with Gasteiger partial charge in [-0.3, -0.25) is 9.69 Å². The Morgan fingerprint density at radius 3 is 3.10 bits per heavy atom. The minimum Gasteiger partial charge on any atom is -0.301 e. The fraction of sp³-hybridized carbons (Fsp3) is 0.600. The van der Waals surface area contributed by atoms with Crippen LogP contribution in [0.25, 0.3) is 0 Å². The van der Waals surface area contributed by atoms with Crippen molar-refractivity contribution in [1.82, 2.24) is 4.90 Å². The van der Waals surface area contributed by atoms with E-state index >= 15 is 0 Å². The lowest BCUT2D eigenvalue weighted by Crippen LogP contribution is -2.40. The summed E-state index contributed by atoms with van der Waals surface area (Å²) < 4.78 is 0. The van der Waals surface area contributed by atoms with Gasteiger partial charge in [-0.05, 0) is 48.8 Å². The number of carbonyl (C=O) groups excluding carboxylic acids is 1.